The molecule has 84 valence electrons. The van der Waals surface area contributed by atoms with Crippen molar-refractivity contribution in [3.63, 3.8) is 0 Å². The van der Waals surface area contributed by atoms with E-state index in [1.165, 1.54) is 0 Å². The minimum absolute atomic E-state index is 0.116. The molecule has 0 radical (unpaired) electrons. The smallest absolute Gasteiger partial charge is 0.237 e. The summed E-state index contributed by atoms with van der Waals surface area (Å²) in [5.74, 6) is -0.433. The number of carbonyl (C=O) groups is 1. The van der Waals surface area contributed by atoms with Crippen LogP contribution in [0.5, 0.6) is 0 Å². The van der Waals surface area contributed by atoms with E-state index in [-0.39, 0.29) is 29.7 Å². The number of benzene rings is 1. The van der Waals surface area contributed by atoms with Crippen LogP contribution in [0.25, 0.3) is 0 Å². The minimum Gasteiger partial charge on any atom is -0.349 e. The lowest BCUT2D eigenvalue weighted by molar-refractivity contribution is -0.525. The largest absolute Gasteiger partial charge is 0.349 e. The van der Waals surface area contributed by atoms with Crippen LogP contribution in [-0.4, -0.2) is 23.4 Å². The van der Waals surface area contributed by atoms with E-state index in [1.54, 1.807) is 0 Å². The molecular formula is C11H12N2O3. The van der Waals surface area contributed by atoms with E-state index in [0.717, 1.165) is 5.56 Å². The van der Waals surface area contributed by atoms with Crippen molar-refractivity contribution in [3.8, 4) is 0 Å². The molecule has 2 rings (SSSR count). The number of amides is 1. The molecule has 0 aliphatic carbocycles. The van der Waals surface area contributed by atoms with Crippen LogP contribution in [0, 0.1) is 10.1 Å². The van der Waals surface area contributed by atoms with Gasteiger partial charge in [0.1, 0.15) is 0 Å². The maximum absolute atomic E-state index is 11.3. The van der Waals surface area contributed by atoms with Gasteiger partial charge in [0, 0.05) is 11.3 Å². The molecule has 1 fully saturated rings. The number of hydrogen-bond acceptors (Lipinski definition) is 3. The molecule has 0 spiro atoms. The fraction of sp³-hybridized carbons (Fsp3) is 0.364. The molecule has 1 amide bonds. The molecule has 1 saturated heterocycles. The molecule has 5 heteroatoms. The van der Waals surface area contributed by atoms with Crippen molar-refractivity contribution >= 4 is 5.91 Å². The number of rotatable bonds is 2. The van der Waals surface area contributed by atoms with Gasteiger partial charge in [0.05, 0.1) is 12.5 Å². The van der Waals surface area contributed by atoms with Crippen molar-refractivity contribution in [2.24, 2.45) is 0 Å². The highest BCUT2D eigenvalue weighted by Gasteiger charge is 2.38. The lowest BCUT2D eigenvalue weighted by Crippen LogP contribution is -2.46. The summed E-state index contributed by atoms with van der Waals surface area (Å²) in [6, 6.07) is 8.46. The van der Waals surface area contributed by atoms with Gasteiger partial charge in [-0.15, -0.1) is 0 Å². The van der Waals surface area contributed by atoms with E-state index < -0.39 is 6.04 Å². The summed E-state index contributed by atoms with van der Waals surface area (Å²) in [4.78, 5) is 21.9. The summed E-state index contributed by atoms with van der Waals surface area (Å²) >= 11 is 0. The Morgan fingerprint density at radius 2 is 2.00 bits per heavy atom. The zero-order valence-electron chi connectivity index (χ0n) is 8.63. The number of carbonyl (C=O) groups excluding carboxylic acids is 1. The quantitative estimate of drug-likeness (QED) is 0.595. The Balaban J connectivity index is 2.27. The van der Waals surface area contributed by atoms with Gasteiger partial charge in [-0.2, -0.15) is 0 Å². The summed E-state index contributed by atoms with van der Waals surface area (Å²) in [5, 5.41) is 13.4. The Labute approximate surface area is 92.6 Å². The first kappa shape index (κ1) is 10.6. The third kappa shape index (κ3) is 2.03. The number of nitrogens with zero attached hydrogens (tertiary/aromatic N) is 1. The molecule has 1 N–H and O–H groups in total. The normalized spacial score (nSPS) is 24.9. The van der Waals surface area contributed by atoms with E-state index in [2.05, 4.69) is 5.32 Å². The predicted octanol–water partition coefficient (Wildman–Crippen LogP) is 0.935. The summed E-state index contributed by atoms with van der Waals surface area (Å²) in [5.41, 5.74) is 0.860. The molecule has 1 aromatic carbocycles. The number of hydrogen-bond donors (Lipinski definition) is 1. The highest BCUT2D eigenvalue weighted by Crippen LogP contribution is 2.27. The van der Waals surface area contributed by atoms with Crippen LogP contribution in [0.3, 0.4) is 0 Å². The zero-order valence-corrected chi connectivity index (χ0v) is 8.63. The van der Waals surface area contributed by atoms with Crippen molar-refractivity contribution < 1.29 is 9.72 Å². The zero-order chi connectivity index (χ0) is 11.5. The van der Waals surface area contributed by atoms with Crippen LogP contribution in [0.15, 0.2) is 30.3 Å². The molecule has 1 aliphatic rings. The van der Waals surface area contributed by atoms with Gasteiger partial charge in [0.2, 0.25) is 11.9 Å². The van der Waals surface area contributed by atoms with E-state index in [9.17, 15) is 14.9 Å². The van der Waals surface area contributed by atoms with Crippen LogP contribution in [-0.2, 0) is 4.79 Å². The third-order valence-corrected chi connectivity index (χ3v) is 2.88. The molecule has 2 atom stereocenters. The Morgan fingerprint density at radius 1 is 1.31 bits per heavy atom. The predicted molar refractivity (Wildman–Crippen MR) is 57.6 cm³/mol. The maximum atomic E-state index is 11.3. The Hall–Kier alpha value is -1.91. The number of nitro groups is 1. The minimum atomic E-state index is -0.722. The molecule has 0 bridgehead atoms. The van der Waals surface area contributed by atoms with Crippen molar-refractivity contribution in [1.82, 2.24) is 5.32 Å². The highest BCUT2D eigenvalue weighted by atomic mass is 16.6. The monoisotopic (exact) mass is 220 g/mol. The molecule has 1 aliphatic heterocycles. The molecule has 2 unspecified atom stereocenters. The van der Waals surface area contributed by atoms with E-state index in [1.807, 2.05) is 30.3 Å². The van der Waals surface area contributed by atoms with Crippen LogP contribution in [0.1, 0.15) is 17.9 Å². The topological polar surface area (TPSA) is 72.2 Å². The standard InChI is InChI=1S/C11H12N2O3/c14-11-6-9(8-4-2-1-3-5-8)10(7-12-11)13(15)16/h1-5,9-10H,6-7H2,(H,12,14). The molecule has 0 saturated carbocycles. The van der Waals surface area contributed by atoms with Crippen LogP contribution >= 0.6 is 0 Å². The Morgan fingerprint density at radius 3 is 2.62 bits per heavy atom. The van der Waals surface area contributed by atoms with Gasteiger partial charge < -0.3 is 5.32 Å². The van der Waals surface area contributed by atoms with Crippen LogP contribution < -0.4 is 5.32 Å². The lowest BCUT2D eigenvalue weighted by Gasteiger charge is -2.25. The molecule has 1 aromatic rings. The number of nitrogens with one attached hydrogen (secondary N) is 1. The highest BCUT2D eigenvalue weighted by molar-refractivity contribution is 5.78. The summed E-state index contributed by atoms with van der Waals surface area (Å²) in [7, 11) is 0. The van der Waals surface area contributed by atoms with E-state index >= 15 is 0 Å². The first-order chi connectivity index (χ1) is 7.68. The second-order valence-electron chi connectivity index (χ2n) is 3.88. The molecular weight excluding hydrogens is 208 g/mol. The molecule has 16 heavy (non-hydrogen) atoms. The van der Waals surface area contributed by atoms with Crippen LogP contribution in [0.2, 0.25) is 0 Å². The molecule has 1 heterocycles. The second kappa shape index (κ2) is 4.30. The van der Waals surface area contributed by atoms with Gasteiger partial charge in [-0.1, -0.05) is 30.3 Å². The Bertz CT molecular complexity index is 405. The molecule has 0 aromatic heterocycles. The fourth-order valence-electron chi connectivity index (χ4n) is 2.03. The fourth-order valence-corrected chi connectivity index (χ4v) is 2.03. The number of piperidine rings is 1. The average molecular weight is 220 g/mol. The lowest BCUT2D eigenvalue weighted by atomic mass is 9.86. The van der Waals surface area contributed by atoms with E-state index in [0.29, 0.717) is 0 Å². The summed E-state index contributed by atoms with van der Waals surface area (Å²) in [6.45, 7) is 0.116. The Kier molecular flexibility index (Phi) is 2.85. The third-order valence-electron chi connectivity index (χ3n) is 2.88. The van der Waals surface area contributed by atoms with Gasteiger partial charge in [0.25, 0.3) is 0 Å². The SMILES string of the molecule is O=C1CC(c2ccccc2)C([N+](=O)[O-])CN1. The van der Waals surface area contributed by atoms with Gasteiger partial charge in [0.15, 0.2) is 0 Å². The van der Waals surface area contributed by atoms with E-state index in [4.69, 9.17) is 0 Å². The van der Waals surface area contributed by atoms with Gasteiger partial charge >= 0.3 is 0 Å². The van der Waals surface area contributed by atoms with Gasteiger partial charge in [-0.25, -0.2) is 0 Å². The molecule has 5 nitrogen and oxygen atoms in total. The second-order valence-corrected chi connectivity index (χ2v) is 3.88. The van der Waals surface area contributed by atoms with Gasteiger partial charge in [-0.3, -0.25) is 14.9 Å². The maximum Gasteiger partial charge on any atom is 0.237 e. The van der Waals surface area contributed by atoms with Crippen molar-refractivity contribution in [1.29, 1.82) is 0 Å². The summed E-state index contributed by atoms with van der Waals surface area (Å²) in [6.07, 6.45) is 0.190. The van der Waals surface area contributed by atoms with Crippen LogP contribution in [0.4, 0.5) is 0 Å². The first-order valence-electron chi connectivity index (χ1n) is 5.13. The van der Waals surface area contributed by atoms with Crippen molar-refractivity contribution in [3.05, 3.63) is 46.0 Å². The first-order valence-corrected chi connectivity index (χ1v) is 5.13. The summed E-state index contributed by atoms with van der Waals surface area (Å²) < 4.78 is 0. The van der Waals surface area contributed by atoms with Crippen molar-refractivity contribution in [2.45, 2.75) is 18.4 Å². The van der Waals surface area contributed by atoms with Crippen molar-refractivity contribution in [2.75, 3.05) is 6.54 Å². The average Bonchev–Trinajstić information content (AvgIpc) is 2.29. The van der Waals surface area contributed by atoms with Gasteiger partial charge in [-0.05, 0) is 5.56 Å².